The van der Waals surface area contributed by atoms with Gasteiger partial charge in [-0.3, -0.25) is 0 Å². The Morgan fingerprint density at radius 1 is 1.36 bits per heavy atom. The number of rotatable bonds is 1. The molecule has 3 rings (SSSR count). The standard InChI is InChI=1S/C12H12FN/c1-7-11(13)5-4-9-10(8-2-3-8)6-14-12(7)9/h4-6,8,14H,2-3H2,1H3. The number of aryl methyl sites for hydroxylation is 1. The molecule has 1 N–H and O–H groups in total. The quantitative estimate of drug-likeness (QED) is 0.706. The average molecular weight is 189 g/mol. The Morgan fingerprint density at radius 2 is 2.14 bits per heavy atom. The van der Waals surface area contributed by atoms with E-state index in [1.807, 2.05) is 19.2 Å². The first kappa shape index (κ1) is 8.04. The fourth-order valence-electron chi connectivity index (χ4n) is 2.07. The second-order valence-electron chi connectivity index (χ2n) is 4.11. The van der Waals surface area contributed by atoms with Gasteiger partial charge in [0.2, 0.25) is 0 Å². The number of hydrogen-bond donors (Lipinski definition) is 1. The number of fused-ring (bicyclic) bond motifs is 1. The molecule has 0 saturated heterocycles. The third-order valence-electron chi connectivity index (χ3n) is 3.10. The maximum Gasteiger partial charge on any atom is 0.128 e. The summed E-state index contributed by atoms with van der Waals surface area (Å²) in [7, 11) is 0. The highest BCUT2D eigenvalue weighted by Crippen LogP contribution is 2.43. The summed E-state index contributed by atoms with van der Waals surface area (Å²) >= 11 is 0. The van der Waals surface area contributed by atoms with Crippen LogP contribution in [0.5, 0.6) is 0 Å². The highest BCUT2D eigenvalue weighted by molar-refractivity contribution is 5.86. The van der Waals surface area contributed by atoms with Crippen molar-refractivity contribution >= 4 is 10.9 Å². The molecule has 1 aliphatic rings. The maximum atomic E-state index is 13.3. The van der Waals surface area contributed by atoms with Gasteiger partial charge in [0.15, 0.2) is 0 Å². The predicted molar refractivity (Wildman–Crippen MR) is 55.0 cm³/mol. The summed E-state index contributed by atoms with van der Waals surface area (Å²) in [6.07, 6.45) is 4.60. The normalized spacial score (nSPS) is 16.4. The van der Waals surface area contributed by atoms with E-state index in [1.54, 1.807) is 6.07 Å². The average Bonchev–Trinajstić information content (AvgIpc) is 2.93. The van der Waals surface area contributed by atoms with E-state index in [2.05, 4.69) is 4.98 Å². The highest BCUT2D eigenvalue weighted by atomic mass is 19.1. The number of halogens is 1. The predicted octanol–water partition coefficient (Wildman–Crippen LogP) is 3.49. The molecule has 1 aliphatic carbocycles. The molecule has 0 spiro atoms. The van der Waals surface area contributed by atoms with Crippen LogP contribution in [-0.2, 0) is 0 Å². The van der Waals surface area contributed by atoms with Crippen LogP contribution in [0.3, 0.4) is 0 Å². The number of benzene rings is 1. The van der Waals surface area contributed by atoms with Crippen molar-refractivity contribution in [1.82, 2.24) is 4.98 Å². The van der Waals surface area contributed by atoms with Crippen molar-refractivity contribution < 1.29 is 4.39 Å². The van der Waals surface area contributed by atoms with Gasteiger partial charge in [0.25, 0.3) is 0 Å². The van der Waals surface area contributed by atoms with Crippen LogP contribution >= 0.6 is 0 Å². The van der Waals surface area contributed by atoms with Gasteiger partial charge in [0, 0.05) is 17.1 Å². The lowest BCUT2D eigenvalue weighted by Gasteiger charge is -1.99. The largest absolute Gasteiger partial charge is 0.361 e. The van der Waals surface area contributed by atoms with Crippen molar-refractivity contribution in [3.8, 4) is 0 Å². The van der Waals surface area contributed by atoms with E-state index >= 15 is 0 Å². The van der Waals surface area contributed by atoms with E-state index in [-0.39, 0.29) is 5.82 Å². The first-order chi connectivity index (χ1) is 6.77. The summed E-state index contributed by atoms with van der Waals surface area (Å²) < 4.78 is 13.3. The smallest absolute Gasteiger partial charge is 0.128 e. The summed E-state index contributed by atoms with van der Waals surface area (Å²) in [5, 5.41) is 1.20. The van der Waals surface area contributed by atoms with E-state index in [9.17, 15) is 4.39 Å². The lowest BCUT2D eigenvalue weighted by molar-refractivity contribution is 0.620. The molecule has 0 amide bonds. The third-order valence-corrected chi connectivity index (χ3v) is 3.10. The molecule has 2 aromatic rings. The molecule has 1 aromatic carbocycles. The van der Waals surface area contributed by atoms with Gasteiger partial charge in [-0.15, -0.1) is 0 Å². The SMILES string of the molecule is Cc1c(F)ccc2c(C3CC3)c[nH]c12. The Morgan fingerprint density at radius 3 is 2.86 bits per heavy atom. The molecule has 2 heteroatoms. The summed E-state index contributed by atoms with van der Waals surface area (Å²) in [4.78, 5) is 3.18. The summed E-state index contributed by atoms with van der Waals surface area (Å²) in [5.41, 5.74) is 3.06. The highest BCUT2D eigenvalue weighted by Gasteiger charge is 2.26. The van der Waals surface area contributed by atoms with Crippen LogP contribution in [0.25, 0.3) is 10.9 Å². The van der Waals surface area contributed by atoms with Crippen LogP contribution in [0.4, 0.5) is 4.39 Å². The molecular weight excluding hydrogens is 177 g/mol. The molecular formula is C12H12FN. The molecule has 0 bridgehead atoms. The Balaban J connectivity index is 2.31. The molecule has 14 heavy (non-hydrogen) atoms. The second-order valence-corrected chi connectivity index (χ2v) is 4.11. The summed E-state index contributed by atoms with van der Waals surface area (Å²) in [6.45, 7) is 1.82. The lowest BCUT2D eigenvalue weighted by atomic mass is 10.1. The molecule has 0 atom stereocenters. The summed E-state index contributed by atoms with van der Waals surface area (Å²) in [6, 6.07) is 3.46. The van der Waals surface area contributed by atoms with Crippen molar-refractivity contribution in [1.29, 1.82) is 0 Å². The van der Waals surface area contributed by atoms with Gasteiger partial charge < -0.3 is 4.98 Å². The monoisotopic (exact) mass is 189 g/mol. The molecule has 1 nitrogen and oxygen atoms in total. The topological polar surface area (TPSA) is 15.8 Å². The molecule has 0 radical (unpaired) electrons. The first-order valence-electron chi connectivity index (χ1n) is 5.03. The van der Waals surface area contributed by atoms with Gasteiger partial charge in [-0.1, -0.05) is 0 Å². The van der Waals surface area contributed by atoms with Crippen LogP contribution in [-0.4, -0.2) is 4.98 Å². The molecule has 72 valence electrons. The third kappa shape index (κ3) is 0.999. The number of nitrogens with one attached hydrogen (secondary N) is 1. The van der Waals surface area contributed by atoms with Gasteiger partial charge >= 0.3 is 0 Å². The van der Waals surface area contributed by atoms with E-state index in [0.29, 0.717) is 5.92 Å². The fourth-order valence-corrected chi connectivity index (χ4v) is 2.07. The Labute approximate surface area is 81.9 Å². The van der Waals surface area contributed by atoms with Crippen LogP contribution in [0, 0.1) is 12.7 Å². The van der Waals surface area contributed by atoms with E-state index in [4.69, 9.17) is 0 Å². The van der Waals surface area contributed by atoms with E-state index in [0.717, 1.165) is 11.1 Å². The Bertz CT molecular complexity index is 494. The minimum Gasteiger partial charge on any atom is -0.361 e. The van der Waals surface area contributed by atoms with Crippen LogP contribution in [0.15, 0.2) is 18.3 Å². The number of aromatic nitrogens is 1. The molecule has 1 heterocycles. The van der Waals surface area contributed by atoms with Crippen molar-refractivity contribution in [3.63, 3.8) is 0 Å². The Hall–Kier alpha value is -1.31. The minimum absolute atomic E-state index is 0.123. The summed E-state index contributed by atoms with van der Waals surface area (Å²) in [5.74, 6) is 0.593. The van der Waals surface area contributed by atoms with Crippen LogP contribution in [0.1, 0.15) is 29.9 Å². The van der Waals surface area contributed by atoms with Crippen molar-refractivity contribution in [2.24, 2.45) is 0 Å². The van der Waals surface area contributed by atoms with Gasteiger partial charge in [-0.05, 0) is 43.4 Å². The zero-order chi connectivity index (χ0) is 9.71. The molecule has 0 unspecified atom stereocenters. The van der Waals surface area contributed by atoms with Crippen molar-refractivity contribution in [2.75, 3.05) is 0 Å². The minimum atomic E-state index is -0.123. The van der Waals surface area contributed by atoms with Gasteiger partial charge in [-0.25, -0.2) is 4.39 Å². The van der Waals surface area contributed by atoms with Crippen LogP contribution in [0.2, 0.25) is 0 Å². The fraction of sp³-hybridized carbons (Fsp3) is 0.333. The van der Waals surface area contributed by atoms with Crippen molar-refractivity contribution in [2.45, 2.75) is 25.7 Å². The molecule has 0 aliphatic heterocycles. The Kier molecular flexibility index (Phi) is 1.49. The zero-order valence-electron chi connectivity index (χ0n) is 8.10. The molecule has 1 aromatic heterocycles. The van der Waals surface area contributed by atoms with E-state index in [1.165, 1.54) is 23.8 Å². The number of hydrogen-bond acceptors (Lipinski definition) is 0. The first-order valence-corrected chi connectivity index (χ1v) is 5.03. The van der Waals surface area contributed by atoms with Crippen molar-refractivity contribution in [3.05, 3.63) is 35.3 Å². The molecule has 1 fully saturated rings. The van der Waals surface area contributed by atoms with Crippen LogP contribution < -0.4 is 0 Å². The maximum absolute atomic E-state index is 13.3. The van der Waals surface area contributed by atoms with Gasteiger partial charge in [0.05, 0.1) is 5.52 Å². The zero-order valence-corrected chi connectivity index (χ0v) is 8.10. The van der Waals surface area contributed by atoms with E-state index < -0.39 is 0 Å². The van der Waals surface area contributed by atoms with Gasteiger partial charge in [-0.2, -0.15) is 0 Å². The lowest BCUT2D eigenvalue weighted by Crippen LogP contribution is -1.83. The number of H-pyrrole nitrogens is 1. The molecule has 1 saturated carbocycles. The number of aromatic amines is 1. The second kappa shape index (κ2) is 2.59. The van der Waals surface area contributed by atoms with Gasteiger partial charge in [0.1, 0.15) is 5.82 Å².